The molecule has 6 heteroatoms. The Balaban J connectivity index is 3.07. The van der Waals surface area contributed by atoms with Crippen molar-refractivity contribution in [3.63, 3.8) is 0 Å². The molecule has 5 nitrogen and oxygen atoms in total. The highest BCUT2D eigenvalue weighted by Gasteiger charge is 2.16. The van der Waals surface area contributed by atoms with E-state index in [2.05, 4.69) is 5.32 Å². The van der Waals surface area contributed by atoms with Crippen LogP contribution in [-0.2, 0) is 0 Å². The first kappa shape index (κ1) is 11.6. The summed E-state index contributed by atoms with van der Waals surface area (Å²) in [4.78, 5) is 11.1. The minimum atomic E-state index is -0.657. The normalized spacial score (nSPS) is 9.60. The number of methoxy groups -OCH3 is 1. The first-order valence-electron chi connectivity index (χ1n) is 4.14. The van der Waals surface area contributed by atoms with Gasteiger partial charge in [-0.3, -0.25) is 5.21 Å². The molecule has 0 aliphatic carbocycles. The van der Waals surface area contributed by atoms with Gasteiger partial charge in [0.25, 0.3) is 0 Å². The standard InChI is InChI=1S/C9H11ClN2O3/c1-11-9(13)12(14)7-4-3-6(10)5-8(7)15-2/h3-5,14H,1-2H3,(H,11,13). The fourth-order valence-electron chi connectivity index (χ4n) is 1.04. The maximum absolute atomic E-state index is 11.1. The Morgan fingerprint density at radius 2 is 2.27 bits per heavy atom. The van der Waals surface area contributed by atoms with Crippen LogP contribution in [0.15, 0.2) is 18.2 Å². The number of benzene rings is 1. The molecular weight excluding hydrogens is 220 g/mol. The van der Waals surface area contributed by atoms with E-state index in [1.165, 1.54) is 26.3 Å². The van der Waals surface area contributed by atoms with Crippen molar-refractivity contribution in [2.45, 2.75) is 0 Å². The van der Waals surface area contributed by atoms with Crippen LogP contribution in [0.25, 0.3) is 0 Å². The zero-order valence-corrected chi connectivity index (χ0v) is 9.08. The molecular formula is C9H11ClN2O3. The molecule has 1 aromatic carbocycles. The highest BCUT2D eigenvalue weighted by Crippen LogP contribution is 2.30. The first-order chi connectivity index (χ1) is 7.10. The third-order valence-corrected chi connectivity index (χ3v) is 2.01. The Morgan fingerprint density at radius 1 is 1.60 bits per heavy atom. The molecule has 0 saturated heterocycles. The van der Waals surface area contributed by atoms with Crippen LogP contribution in [0.3, 0.4) is 0 Å². The number of nitrogens with one attached hydrogen (secondary N) is 1. The van der Waals surface area contributed by atoms with Gasteiger partial charge in [-0.25, -0.2) is 4.79 Å². The molecule has 82 valence electrons. The zero-order chi connectivity index (χ0) is 11.4. The van der Waals surface area contributed by atoms with Crippen LogP contribution in [0.1, 0.15) is 0 Å². The average Bonchev–Trinajstić information content (AvgIpc) is 2.26. The number of carbonyl (C=O) groups excluding carboxylic acids is 1. The summed E-state index contributed by atoms with van der Waals surface area (Å²) in [7, 11) is 2.83. The zero-order valence-electron chi connectivity index (χ0n) is 8.32. The van der Waals surface area contributed by atoms with Crippen LogP contribution in [-0.4, -0.2) is 25.4 Å². The summed E-state index contributed by atoms with van der Waals surface area (Å²) in [6.45, 7) is 0. The predicted molar refractivity (Wildman–Crippen MR) is 56.7 cm³/mol. The minimum absolute atomic E-state index is 0.223. The number of halogens is 1. The van der Waals surface area contributed by atoms with E-state index in [1.807, 2.05) is 0 Å². The lowest BCUT2D eigenvalue weighted by Gasteiger charge is -2.17. The Morgan fingerprint density at radius 3 is 2.80 bits per heavy atom. The van der Waals surface area contributed by atoms with Gasteiger partial charge in [-0.05, 0) is 12.1 Å². The Bertz CT molecular complexity index is 370. The third kappa shape index (κ3) is 2.51. The van der Waals surface area contributed by atoms with Crippen molar-refractivity contribution < 1.29 is 14.7 Å². The second kappa shape index (κ2) is 4.86. The van der Waals surface area contributed by atoms with E-state index in [-0.39, 0.29) is 5.69 Å². The molecule has 0 saturated carbocycles. The van der Waals surface area contributed by atoms with Crippen molar-refractivity contribution in [1.82, 2.24) is 5.32 Å². The Hall–Kier alpha value is -1.46. The molecule has 1 rings (SSSR count). The third-order valence-electron chi connectivity index (χ3n) is 1.78. The second-order valence-corrected chi connectivity index (χ2v) is 3.12. The van der Waals surface area contributed by atoms with Crippen molar-refractivity contribution in [3.05, 3.63) is 23.2 Å². The topological polar surface area (TPSA) is 61.8 Å². The van der Waals surface area contributed by atoms with Crippen molar-refractivity contribution in [2.75, 3.05) is 19.2 Å². The van der Waals surface area contributed by atoms with E-state index in [9.17, 15) is 10.0 Å². The SMILES string of the molecule is CNC(=O)N(O)c1ccc(Cl)cc1OC. The van der Waals surface area contributed by atoms with Crippen LogP contribution in [0.5, 0.6) is 5.75 Å². The van der Waals surface area contributed by atoms with Gasteiger partial charge >= 0.3 is 6.03 Å². The molecule has 2 N–H and O–H groups in total. The maximum atomic E-state index is 11.1. The van der Waals surface area contributed by atoms with Crippen LogP contribution >= 0.6 is 11.6 Å². The van der Waals surface area contributed by atoms with Gasteiger partial charge in [-0.15, -0.1) is 0 Å². The number of rotatable bonds is 2. The summed E-state index contributed by atoms with van der Waals surface area (Å²) in [5.41, 5.74) is 0.223. The van der Waals surface area contributed by atoms with E-state index >= 15 is 0 Å². The molecule has 0 radical (unpaired) electrons. The minimum Gasteiger partial charge on any atom is -0.494 e. The lowest BCUT2D eigenvalue weighted by Crippen LogP contribution is -2.35. The molecule has 0 atom stereocenters. The molecule has 0 heterocycles. The number of amides is 2. The number of hydroxylamine groups is 1. The van der Waals surface area contributed by atoms with E-state index < -0.39 is 6.03 Å². The van der Waals surface area contributed by atoms with Crippen LogP contribution < -0.4 is 15.1 Å². The quantitative estimate of drug-likeness (QED) is 0.602. The lowest BCUT2D eigenvalue weighted by molar-refractivity contribution is 0.205. The summed E-state index contributed by atoms with van der Waals surface area (Å²) < 4.78 is 4.98. The summed E-state index contributed by atoms with van der Waals surface area (Å²) >= 11 is 5.73. The molecule has 2 amide bonds. The highest BCUT2D eigenvalue weighted by atomic mass is 35.5. The number of carbonyl (C=O) groups is 1. The molecule has 0 aliphatic rings. The van der Waals surface area contributed by atoms with Gasteiger partial charge in [0.1, 0.15) is 11.4 Å². The molecule has 1 aromatic rings. The molecule has 0 aliphatic heterocycles. The first-order valence-corrected chi connectivity index (χ1v) is 4.52. The average molecular weight is 231 g/mol. The monoisotopic (exact) mass is 230 g/mol. The summed E-state index contributed by atoms with van der Waals surface area (Å²) in [5.74, 6) is 0.314. The van der Waals surface area contributed by atoms with Crippen LogP contribution in [0.4, 0.5) is 10.5 Å². The summed E-state index contributed by atoms with van der Waals surface area (Å²) in [5, 5.41) is 12.7. The molecule has 0 aromatic heterocycles. The largest absolute Gasteiger partial charge is 0.494 e. The summed E-state index contributed by atoms with van der Waals surface area (Å²) in [6, 6.07) is 3.88. The number of ether oxygens (including phenoxy) is 1. The highest BCUT2D eigenvalue weighted by molar-refractivity contribution is 6.30. The molecule has 0 bridgehead atoms. The number of anilines is 1. The van der Waals surface area contributed by atoms with Crippen molar-refractivity contribution in [2.24, 2.45) is 0 Å². The van der Waals surface area contributed by atoms with E-state index in [0.29, 0.717) is 15.8 Å². The molecule has 15 heavy (non-hydrogen) atoms. The fourth-order valence-corrected chi connectivity index (χ4v) is 1.20. The fraction of sp³-hybridized carbons (Fsp3) is 0.222. The van der Waals surface area contributed by atoms with Crippen LogP contribution in [0, 0.1) is 0 Å². The van der Waals surface area contributed by atoms with Gasteiger partial charge in [0.2, 0.25) is 0 Å². The number of hydrogen-bond donors (Lipinski definition) is 2. The number of nitrogens with zero attached hydrogens (tertiary/aromatic N) is 1. The second-order valence-electron chi connectivity index (χ2n) is 2.68. The Kier molecular flexibility index (Phi) is 3.76. The van der Waals surface area contributed by atoms with Gasteiger partial charge in [0.05, 0.1) is 7.11 Å². The van der Waals surface area contributed by atoms with Gasteiger partial charge < -0.3 is 10.1 Å². The predicted octanol–water partition coefficient (Wildman–Crippen LogP) is 1.88. The van der Waals surface area contributed by atoms with E-state index in [4.69, 9.17) is 16.3 Å². The van der Waals surface area contributed by atoms with Gasteiger partial charge in [0, 0.05) is 18.1 Å². The Labute approximate surface area is 92.2 Å². The number of hydrogen-bond acceptors (Lipinski definition) is 3. The van der Waals surface area contributed by atoms with Crippen molar-refractivity contribution >= 4 is 23.3 Å². The van der Waals surface area contributed by atoms with E-state index in [0.717, 1.165) is 0 Å². The van der Waals surface area contributed by atoms with Crippen LogP contribution in [0.2, 0.25) is 5.02 Å². The van der Waals surface area contributed by atoms with Gasteiger partial charge in [-0.2, -0.15) is 5.06 Å². The number of urea groups is 1. The smallest absolute Gasteiger partial charge is 0.345 e. The molecule has 0 spiro atoms. The van der Waals surface area contributed by atoms with Gasteiger partial charge in [-0.1, -0.05) is 11.6 Å². The summed E-state index contributed by atoms with van der Waals surface area (Å²) in [6.07, 6.45) is 0. The van der Waals surface area contributed by atoms with Crippen molar-refractivity contribution in [1.29, 1.82) is 0 Å². The maximum Gasteiger partial charge on any atom is 0.345 e. The van der Waals surface area contributed by atoms with Gasteiger partial charge in [0.15, 0.2) is 0 Å². The molecule has 0 fully saturated rings. The van der Waals surface area contributed by atoms with Crippen molar-refractivity contribution in [3.8, 4) is 5.75 Å². The lowest BCUT2D eigenvalue weighted by atomic mass is 10.3. The molecule has 0 unspecified atom stereocenters. The van der Waals surface area contributed by atoms with E-state index in [1.54, 1.807) is 6.07 Å².